The zero-order valence-electron chi connectivity index (χ0n) is 17.6. The van der Waals surface area contributed by atoms with Crippen LogP contribution < -0.4 is 9.47 Å². The minimum absolute atomic E-state index is 0.0805. The van der Waals surface area contributed by atoms with Crippen LogP contribution in [0.1, 0.15) is 0 Å². The van der Waals surface area contributed by atoms with E-state index in [2.05, 4.69) is 0 Å². The highest BCUT2D eigenvalue weighted by Gasteiger charge is 2.71. The van der Waals surface area contributed by atoms with E-state index in [0.717, 1.165) is 21.9 Å². The number of aliphatic hydroxyl groups excluding tert-OH is 1. The highest BCUT2D eigenvalue weighted by Crippen LogP contribution is 2.59. The number of alkyl halides is 2. The Morgan fingerprint density at radius 1 is 1.00 bits per heavy atom. The number of fused-ring (bicyclic) bond motifs is 2. The SMILES string of the molecule is COc1ccc(-c2ccc3ccc(OCC(O)CN4CC5C(C4)C5(F)F)cc3c2)cc1F. The molecule has 1 aliphatic carbocycles. The number of benzene rings is 3. The molecule has 5 rings (SSSR count). The van der Waals surface area contributed by atoms with Crippen LogP contribution in [0, 0.1) is 17.7 Å². The van der Waals surface area contributed by atoms with Crippen LogP contribution in [0.2, 0.25) is 0 Å². The molecule has 3 aromatic rings. The lowest BCUT2D eigenvalue weighted by atomic mass is 10.0. The minimum Gasteiger partial charge on any atom is -0.494 e. The summed E-state index contributed by atoms with van der Waals surface area (Å²) >= 11 is 0. The number of methoxy groups -OCH3 is 1. The van der Waals surface area contributed by atoms with Gasteiger partial charge < -0.3 is 14.6 Å². The molecular formula is C25H24F3NO3. The molecule has 1 aliphatic heterocycles. The minimum atomic E-state index is -2.51. The van der Waals surface area contributed by atoms with E-state index in [1.165, 1.54) is 13.2 Å². The Kier molecular flexibility index (Phi) is 5.26. The number of nitrogens with zero attached hydrogens (tertiary/aromatic N) is 1. The molecular weight excluding hydrogens is 419 g/mol. The normalized spacial score (nSPS) is 22.5. The fourth-order valence-electron chi connectivity index (χ4n) is 4.62. The van der Waals surface area contributed by atoms with Gasteiger partial charge in [0.25, 0.3) is 5.92 Å². The van der Waals surface area contributed by atoms with Crippen molar-refractivity contribution in [3.05, 3.63) is 60.4 Å². The number of likely N-dealkylation sites (tertiary alicyclic amines) is 1. The second kappa shape index (κ2) is 7.98. The first kappa shape index (κ1) is 21.1. The fraction of sp³-hybridized carbons (Fsp3) is 0.360. The van der Waals surface area contributed by atoms with Crippen LogP contribution in [-0.2, 0) is 0 Å². The Hall–Kier alpha value is -2.77. The number of β-amino-alcohol motifs (C(OH)–C–C–N with tert-alkyl or cyclic N) is 1. The third-order valence-corrected chi connectivity index (χ3v) is 6.48. The maximum absolute atomic E-state index is 14.1. The van der Waals surface area contributed by atoms with Gasteiger partial charge in [0.1, 0.15) is 18.5 Å². The largest absolute Gasteiger partial charge is 0.494 e. The van der Waals surface area contributed by atoms with Gasteiger partial charge in [-0.15, -0.1) is 0 Å². The summed E-state index contributed by atoms with van der Waals surface area (Å²) < 4.78 is 51.4. The lowest BCUT2D eigenvalue weighted by Crippen LogP contribution is -2.37. The van der Waals surface area contributed by atoms with Crippen molar-refractivity contribution in [1.29, 1.82) is 0 Å². The van der Waals surface area contributed by atoms with Crippen molar-refractivity contribution in [2.75, 3.05) is 33.4 Å². The van der Waals surface area contributed by atoms with E-state index >= 15 is 0 Å². The Morgan fingerprint density at radius 3 is 2.41 bits per heavy atom. The molecule has 1 saturated carbocycles. The van der Waals surface area contributed by atoms with Gasteiger partial charge >= 0.3 is 0 Å². The van der Waals surface area contributed by atoms with Crippen LogP contribution in [-0.4, -0.2) is 55.4 Å². The third-order valence-electron chi connectivity index (χ3n) is 6.48. The number of hydrogen-bond acceptors (Lipinski definition) is 4. The lowest BCUT2D eigenvalue weighted by Gasteiger charge is -2.22. The van der Waals surface area contributed by atoms with Gasteiger partial charge in [0.05, 0.1) is 7.11 Å². The summed E-state index contributed by atoms with van der Waals surface area (Å²) in [4.78, 5) is 1.88. The van der Waals surface area contributed by atoms with Crippen LogP contribution in [0.15, 0.2) is 54.6 Å². The van der Waals surface area contributed by atoms with E-state index in [4.69, 9.17) is 9.47 Å². The molecule has 0 radical (unpaired) electrons. The average Bonchev–Trinajstić information content (AvgIpc) is 3.10. The molecule has 1 saturated heterocycles. The summed E-state index contributed by atoms with van der Waals surface area (Å²) in [5.74, 6) is -3.24. The zero-order valence-corrected chi connectivity index (χ0v) is 17.6. The molecule has 0 bridgehead atoms. The van der Waals surface area contributed by atoms with E-state index < -0.39 is 29.7 Å². The van der Waals surface area contributed by atoms with Crippen LogP contribution in [0.5, 0.6) is 11.5 Å². The Labute approximate surface area is 184 Å². The molecule has 3 aromatic carbocycles. The number of aliphatic hydroxyl groups is 1. The molecule has 32 heavy (non-hydrogen) atoms. The molecule has 4 nitrogen and oxygen atoms in total. The number of piperidine rings is 1. The number of rotatable bonds is 7. The predicted molar refractivity (Wildman–Crippen MR) is 116 cm³/mol. The average molecular weight is 443 g/mol. The molecule has 1 heterocycles. The first-order valence-corrected chi connectivity index (χ1v) is 10.6. The van der Waals surface area contributed by atoms with Crippen molar-refractivity contribution in [3.63, 3.8) is 0 Å². The van der Waals surface area contributed by atoms with Crippen LogP contribution in [0.25, 0.3) is 21.9 Å². The highest BCUT2D eigenvalue weighted by molar-refractivity contribution is 5.88. The van der Waals surface area contributed by atoms with Gasteiger partial charge in [-0.1, -0.05) is 24.3 Å². The van der Waals surface area contributed by atoms with E-state index in [-0.39, 0.29) is 12.4 Å². The van der Waals surface area contributed by atoms with Gasteiger partial charge in [0.15, 0.2) is 11.6 Å². The Balaban J connectivity index is 1.23. The standard InChI is InChI=1S/C25H24F3NO3/c1-31-24-7-5-17(10-23(24)26)16-3-2-15-4-6-20(9-18(15)8-16)32-14-19(30)11-29-12-21-22(13-29)25(21,27)28/h2-10,19,21-22,30H,11-14H2,1H3. The van der Waals surface area contributed by atoms with Crippen molar-refractivity contribution in [1.82, 2.24) is 4.90 Å². The molecule has 3 unspecified atom stereocenters. The van der Waals surface area contributed by atoms with Crippen molar-refractivity contribution in [2.24, 2.45) is 11.8 Å². The molecule has 2 fully saturated rings. The predicted octanol–water partition coefficient (Wildman–Crippen LogP) is 4.59. The zero-order chi connectivity index (χ0) is 22.5. The van der Waals surface area contributed by atoms with Crippen LogP contribution in [0.4, 0.5) is 13.2 Å². The summed E-state index contributed by atoms with van der Waals surface area (Å²) in [5, 5.41) is 12.2. The number of hydrogen-bond donors (Lipinski definition) is 1. The summed E-state index contributed by atoms with van der Waals surface area (Å²) in [7, 11) is 1.43. The van der Waals surface area contributed by atoms with E-state index in [1.807, 2.05) is 41.3 Å². The topological polar surface area (TPSA) is 41.9 Å². The monoisotopic (exact) mass is 443 g/mol. The van der Waals surface area contributed by atoms with Gasteiger partial charge in [-0.3, -0.25) is 4.90 Å². The molecule has 3 atom stereocenters. The summed E-state index contributed by atoms with van der Waals surface area (Å²) in [6, 6.07) is 16.3. The summed E-state index contributed by atoms with van der Waals surface area (Å²) in [5.41, 5.74) is 1.60. The first-order chi connectivity index (χ1) is 15.3. The van der Waals surface area contributed by atoms with Crippen LogP contribution in [0.3, 0.4) is 0 Å². The Morgan fingerprint density at radius 2 is 1.69 bits per heavy atom. The maximum atomic E-state index is 14.1. The van der Waals surface area contributed by atoms with Crippen LogP contribution >= 0.6 is 0 Å². The van der Waals surface area contributed by atoms with Crippen molar-refractivity contribution in [3.8, 4) is 22.6 Å². The summed E-state index contributed by atoms with van der Waals surface area (Å²) in [6.45, 7) is 1.07. The smallest absolute Gasteiger partial charge is 0.257 e. The molecule has 1 N–H and O–H groups in total. The first-order valence-electron chi connectivity index (χ1n) is 10.6. The van der Waals surface area contributed by atoms with Gasteiger partial charge in [-0.25, -0.2) is 13.2 Å². The number of ether oxygens (including phenoxy) is 2. The van der Waals surface area contributed by atoms with E-state index in [9.17, 15) is 18.3 Å². The molecule has 0 amide bonds. The Bertz CT molecular complexity index is 1140. The number of halogens is 3. The van der Waals surface area contributed by atoms with Crippen molar-refractivity contribution in [2.45, 2.75) is 12.0 Å². The quantitative estimate of drug-likeness (QED) is 0.580. The van der Waals surface area contributed by atoms with Gasteiger partial charge in [0, 0.05) is 31.5 Å². The van der Waals surface area contributed by atoms with E-state index in [0.29, 0.717) is 25.4 Å². The van der Waals surface area contributed by atoms with Gasteiger partial charge in [-0.05, 0) is 52.2 Å². The van der Waals surface area contributed by atoms with E-state index in [1.54, 1.807) is 12.1 Å². The van der Waals surface area contributed by atoms with Crippen molar-refractivity contribution >= 4 is 10.8 Å². The second-order valence-electron chi connectivity index (χ2n) is 8.64. The van der Waals surface area contributed by atoms with Crippen molar-refractivity contribution < 1.29 is 27.8 Å². The maximum Gasteiger partial charge on any atom is 0.257 e. The third kappa shape index (κ3) is 3.91. The molecule has 168 valence electrons. The molecule has 0 aromatic heterocycles. The molecule has 2 aliphatic rings. The molecule has 7 heteroatoms. The fourth-order valence-corrected chi connectivity index (χ4v) is 4.62. The highest BCUT2D eigenvalue weighted by atomic mass is 19.3. The lowest BCUT2D eigenvalue weighted by molar-refractivity contribution is 0.0302. The second-order valence-corrected chi connectivity index (χ2v) is 8.64. The summed E-state index contributed by atoms with van der Waals surface area (Å²) in [6.07, 6.45) is -0.759. The molecule has 0 spiro atoms. The van der Waals surface area contributed by atoms with Gasteiger partial charge in [-0.2, -0.15) is 0 Å². The van der Waals surface area contributed by atoms with Gasteiger partial charge in [0.2, 0.25) is 0 Å².